The van der Waals surface area contributed by atoms with Gasteiger partial charge in [0.05, 0.1) is 10.5 Å². The van der Waals surface area contributed by atoms with E-state index < -0.39 is 9.84 Å². The smallest absolute Gasteiger partial charge is 0.155 e. The Morgan fingerprint density at radius 3 is 1.89 bits per heavy atom. The largest absolute Gasteiger partial charge is 0.228 e. The molecule has 0 aromatic carbocycles. The van der Waals surface area contributed by atoms with Crippen LogP contribution in [0.4, 0.5) is 0 Å². The third-order valence-electron chi connectivity index (χ3n) is 1.65. The lowest BCUT2D eigenvalue weighted by Gasteiger charge is -2.03. The number of hydrogen-bond acceptors (Lipinski definition) is 2. The van der Waals surface area contributed by atoms with Crippen molar-refractivity contribution in [2.75, 3.05) is 0 Å². The molecule has 0 aromatic rings. The molecule has 9 heavy (non-hydrogen) atoms. The van der Waals surface area contributed by atoms with Gasteiger partial charge < -0.3 is 0 Å². The fraction of sp³-hybridized carbons (Fsp3) is 1.00. The molecule has 0 N–H and O–H groups in total. The molecule has 0 spiro atoms. The molecule has 0 radical (unpaired) electrons. The van der Waals surface area contributed by atoms with E-state index in [0.29, 0.717) is 0 Å². The van der Waals surface area contributed by atoms with Crippen LogP contribution in [0.5, 0.6) is 0 Å². The van der Waals surface area contributed by atoms with Crippen LogP contribution in [0.2, 0.25) is 0 Å². The van der Waals surface area contributed by atoms with Gasteiger partial charge in [0.2, 0.25) is 0 Å². The molecule has 0 unspecified atom stereocenters. The molecule has 0 bridgehead atoms. The maximum Gasteiger partial charge on any atom is 0.155 e. The first-order valence-corrected chi connectivity index (χ1v) is 4.89. The fourth-order valence-corrected chi connectivity index (χ4v) is 2.34. The zero-order chi connectivity index (χ0) is 7.07. The summed E-state index contributed by atoms with van der Waals surface area (Å²) in [4.78, 5) is 0. The van der Waals surface area contributed by atoms with E-state index in [1.54, 1.807) is 13.8 Å². The van der Waals surface area contributed by atoms with Crippen molar-refractivity contribution in [2.45, 2.75) is 37.2 Å². The highest BCUT2D eigenvalue weighted by Gasteiger charge is 2.37. The molecular weight excluding hydrogens is 136 g/mol. The van der Waals surface area contributed by atoms with E-state index in [9.17, 15) is 8.42 Å². The lowest BCUT2D eigenvalue weighted by Crippen LogP contribution is -2.18. The molecule has 0 saturated heterocycles. The standard InChI is InChI=1S/C6H12O2S/c1-5(2)9(7,8)6-3-4-6/h5-6H,3-4H2,1-2H3. The summed E-state index contributed by atoms with van der Waals surface area (Å²) in [6, 6.07) is 0. The zero-order valence-electron chi connectivity index (χ0n) is 5.79. The predicted octanol–water partition coefficient (Wildman–Crippen LogP) is 0.972. The van der Waals surface area contributed by atoms with Crippen molar-refractivity contribution < 1.29 is 8.42 Å². The first-order chi connectivity index (χ1) is 4.05. The fourth-order valence-electron chi connectivity index (χ4n) is 0.781. The highest BCUT2D eigenvalue weighted by atomic mass is 32.2. The summed E-state index contributed by atoms with van der Waals surface area (Å²) >= 11 is 0. The van der Waals surface area contributed by atoms with Crippen LogP contribution in [0.15, 0.2) is 0 Å². The summed E-state index contributed by atoms with van der Waals surface area (Å²) in [5, 5.41) is -0.164. The van der Waals surface area contributed by atoms with E-state index >= 15 is 0 Å². The van der Waals surface area contributed by atoms with E-state index in [0.717, 1.165) is 12.8 Å². The molecule has 1 saturated carbocycles. The molecule has 1 aliphatic carbocycles. The Labute approximate surface area is 56.2 Å². The van der Waals surface area contributed by atoms with Crippen LogP contribution in [0.3, 0.4) is 0 Å². The number of hydrogen-bond donors (Lipinski definition) is 0. The lowest BCUT2D eigenvalue weighted by atomic mass is 10.6. The van der Waals surface area contributed by atoms with Gasteiger partial charge in [0.25, 0.3) is 0 Å². The van der Waals surface area contributed by atoms with Crippen LogP contribution in [0.25, 0.3) is 0 Å². The molecule has 0 heterocycles. The average Bonchev–Trinajstić information content (AvgIpc) is 2.42. The predicted molar refractivity (Wildman–Crippen MR) is 37.1 cm³/mol. The zero-order valence-corrected chi connectivity index (χ0v) is 6.61. The molecule has 1 rings (SSSR count). The third kappa shape index (κ3) is 1.26. The molecule has 0 amide bonds. The minimum absolute atomic E-state index is 0.0116. The summed E-state index contributed by atoms with van der Waals surface area (Å²) in [6.45, 7) is 3.49. The molecule has 0 aliphatic heterocycles. The maximum atomic E-state index is 11.1. The number of sulfone groups is 1. The Kier molecular flexibility index (Phi) is 1.55. The second-order valence-corrected chi connectivity index (χ2v) is 5.62. The second kappa shape index (κ2) is 1.97. The van der Waals surface area contributed by atoms with Crippen LogP contribution < -0.4 is 0 Å². The van der Waals surface area contributed by atoms with Gasteiger partial charge in [0.1, 0.15) is 0 Å². The van der Waals surface area contributed by atoms with E-state index in [4.69, 9.17) is 0 Å². The van der Waals surface area contributed by atoms with E-state index in [1.165, 1.54) is 0 Å². The van der Waals surface area contributed by atoms with E-state index in [1.807, 2.05) is 0 Å². The lowest BCUT2D eigenvalue weighted by molar-refractivity contribution is 0.586. The Morgan fingerprint density at radius 2 is 1.78 bits per heavy atom. The van der Waals surface area contributed by atoms with Crippen molar-refractivity contribution in [3.05, 3.63) is 0 Å². The SMILES string of the molecule is CC(C)S(=O)(=O)C1CC1. The van der Waals surface area contributed by atoms with Gasteiger partial charge in [-0.3, -0.25) is 0 Å². The van der Waals surface area contributed by atoms with Crippen molar-refractivity contribution in [2.24, 2.45) is 0 Å². The summed E-state index contributed by atoms with van der Waals surface area (Å²) in [5.74, 6) is 0. The van der Waals surface area contributed by atoms with Gasteiger partial charge in [-0.1, -0.05) is 0 Å². The molecule has 3 heteroatoms. The minimum atomic E-state index is -2.70. The van der Waals surface area contributed by atoms with Crippen molar-refractivity contribution in [1.29, 1.82) is 0 Å². The molecule has 1 fully saturated rings. The average molecular weight is 148 g/mol. The normalized spacial score (nSPS) is 20.8. The van der Waals surface area contributed by atoms with Crippen molar-refractivity contribution >= 4 is 9.84 Å². The van der Waals surface area contributed by atoms with Crippen molar-refractivity contribution in [3.8, 4) is 0 Å². The third-order valence-corrected chi connectivity index (χ3v) is 4.36. The first kappa shape index (κ1) is 7.06. The Balaban J connectivity index is 2.73. The Bertz CT molecular complexity index is 179. The van der Waals surface area contributed by atoms with Gasteiger partial charge in [0, 0.05) is 0 Å². The Hall–Kier alpha value is -0.0500. The monoisotopic (exact) mass is 148 g/mol. The summed E-state index contributed by atoms with van der Waals surface area (Å²) in [7, 11) is -2.70. The van der Waals surface area contributed by atoms with Gasteiger partial charge in [-0.15, -0.1) is 0 Å². The highest BCUT2D eigenvalue weighted by Crippen LogP contribution is 2.30. The first-order valence-electron chi connectivity index (χ1n) is 3.28. The van der Waals surface area contributed by atoms with Gasteiger partial charge >= 0.3 is 0 Å². The molecule has 54 valence electrons. The summed E-state index contributed by atoms with van der Waals surface area (Å²) in [6.07, 6.45) is 1.78. The van der Waals surface area contributed by atoms with Gasteiger partial charge in [0.15, 0.2) is 9.84 Å². The van der Waals surface area contributed by atoms with Crippen molar-refractivity contribution in [1.82, 2.24) is 0 Å². The Morgan fingerprint density at radius 1 is 1.33 bits per heavy atom. The summed E-state index contributed by atoms with van der Waals surface area (Å²) < 4.78 is 22.2. The topological polar surface area (TPSA) is 34.1 Å². The molecule has 0 aromatic heterocycles. The van der Waals surface area contributed by atoms with Gasteiger partial charge in [-0.2, -0.15) is 0 Å². The van der Waals surface area contributed by atoms with E-state index in [2.05, 4.69) is 0 Å². The van der Waals surface area contributed by atoms with Crippen LogP contribution in [0.1, 0.15) is 26.7 Å². The van der Waals surface area contributed by atoms with Crippen LogP contribution in [-0.4, -0.2) is 18.9 Å². The molecule has 1 aliphatic rings. The van der Waals surface area contributed by atoms with Crippen molar-refractivity contribution in [3.63, 3.8) is 0 Å². The second-order valence-electron chi connectivity index (χ2n) is 2.84. The summed E-state index contributed by atoms with van der Waals surface area (Å²) in [5.41, 5.74) is 0. The minimum Gasteiger partial charge on any atom is -0.228 e. The number of rotatable bonds is 2. The molecule has 0 atom stereocenters. The molecular formula is C6H12O2S. The highest BCUT2D eigenvalue weighted by molar-refractivity contribution is 7.92. The van der Waals surface area contributed by atoms with Crippen LogP contribution in [-0.2, 0) is 9.84 Å². The quantitative estimate of drug-likeness (QED) is 0.584. The maximum absolute atomic E-state index is 11.1. The van der Waals surface area contributed by atoms with Crippen LogP contribution >= 0.6 is 0 Å². The van der Waals surface area contributed by atoms with Gasteiger partial charge in [-0.25, -0.2) is 8.42 Å². The van der Waals surface area contributed by atoms with E-state index in [-0.39, 0.29) is 10.5 Å². The van der Waals surface area contributed by atoms with Crippen LogP contribution in [0, 0.1) is 0 Å². The molecule has 2 nitrogen and oxygen atoms in total. The van der Waals surface area contributed by atoms with Gasteiger partial charge in [-0.05, 0) is 26.7 Å².